The van der Waals surface area contributed by atoms with Crippen molar-refractivity contribution in [3.63, 3.8) is 0 Å². The minimum atomic E-state index is 0. The van der Waals surface area contributed by atoms with Crippen LogP contribution in [-0.4, -0.2) is 44.4 Å². The van der Waals surface area contributed by atoms with Gasteiger partial charge in [0.2, 0.25) is 0 Å². The maximum Gasteiger partial charge on any atom is 0.122 e. The second-order valence-electron chi connectivity index (χ2n) is 4.89. The number of nitrogens with zero attached hydrogens (tertiary/aromatic N) is 1. The molecule has 2 rings (SSSR count). The summed E-state index contributed by atoms with van der Waals surface area (Å²) in [6.07, 6.45) is 4.27. The maximum absolute atomic E-state index is 5.78. The lowest BCUT2D eigenvalue weighted by molar-refractivity contribution is 0.0434. The summed E-state index contributed by atoms with van der Waals surface area (Å²) in [5, 5.41) is 0. The normalized spacial score (nSPS) is 16.1. The summed E-state index contributed by atoms with van der Waals surface area (Å²) in [5.41, 5.74) is 2.50. The lowest BCUT2D eigenvalue weighted by Crippen LogP contribution is -2.36. The van der Waals surface area contributed by atoms with Gasteiger partial charge in [0.05, 0.1) is 13.2 Å². The van der Waals surface area contributed by atoms with E-state index in [0.29, 0.717) is 6.61 Å². The fourth-order valence-electron chi connectivity index (χ4n) is 2.09. The highest BCUT2D eigenvalue weighted by Crippen LogP contribution is 2.20. The Hall–Kier alpha value is -1.03. The predicted octanol–water partition coefficient (Wildman–Crippen LogP) is 2.99. The van der Waals surface area contributed by atoms with Crippen LogP contribution in [0.5, 0.6) is 5.75 Å². The Kier molecular flexibility index (Phi) is 7.67. The van der Waals surface area contributed by atoms with E-state index in [1.165, 1.54) is 11.1 Å². The molecule has 1 fully saturated rings. The Balaban J connectivity index is 0.00000200. The molecule has 1 aliphatic rings. The van der Waals surface area contributed by atoms with E-state index in [4.69, 9.17) is 9.47 Å². The Morgan fingerprint density at radius 3 is 2.70 bits per heavy atom. The predicted molar refractivity (Wildman–Crippen MR) is 85.1 cm³/mol. The van der Waals surface area contributed by atoms with E-state index in [9.17, 15) is 0 Å². The fourth-order valence-corrected chi connectivity index (χ4v) is 2.09. The van der Waals surface area contributed by atoms with Gasteiger partial charge in [0, 0.05) is 19.6 Å². The van der Waals surface area contributed by atoms with Crippen LogP contribution in [0.1, 0.15) is 11.1 Å². The summed E-state index contributed by atoms with van der Waals surface area (Å²) in [4.78, 5) is 2.39. The minimum absolute atomic E-state index is 0. The van der Waals surface area contributed by atoms with E-state index >= 15 is 0 Å². The van der Waals surface area contributed by atoms with E-state index < -0.39 is 0 Å². The largest absolute Gasteiger partial charge is 0.489 e. The van der Waals surface area contributed by atoms with Gasteiger partial charge in [-0.15, -0.1) is 12.4 Å². The van der Waals surface area contributed by atoms with Crippen molar-refractivity contribution in [1.82, 2.24) is 4.90 Å². The van der Waals surface area contributed by atoms with Crippen molar-refractivity contribution in [3.8, 4) is 5.75 Å². The summed E-state index contributed by atoms with van der Waals surface area (Å²) in [7, 11) is 0. The van der Waals surface area contributed by atoms with E-state index in [-0.39, 0.29) is 12.4 Å². The van der Waals surface area contributed by atoms with Crippen molar-refractivity contribution in [2.45, 2.75) is 13.8 Å². The molecule has 1 aromatic rings. The third kappa shape index (κ3) is 5.16. The van der Waals surface area contributed by atoms with Crippen LogP contribution in [0, 0.1) is 13.8 Å². The van der Waals surface area contributed by atoms with Crippen LogP contribution in [-0.2, 0) is 4.74 Å². The third-order valence-corrected chi connectivity index (χ3v) is 3.52. The highest BCUT2D eigenvalue weighted by Gasteiger charge is 2.07. The first kappa shape index (κ1) is 17.0. The van der Waals surface area contributed by atoms with Crippen molar-refractivity contribution in [3.05, 3.63) is 41.5 Å². The van der Waals surface area contributed by atoms with E-state index in [0.717, 1.165) is 38.6 Å². The minimum Gasteiger partial charge on any atom is -0.489 e. The Labute approximate surface area is 128 Å². The molecule has 0 atom stereocenters. The molecule has 0 aromatic heterocycles. The number of morpholine rings is 1. The van der Waals surface area contributed by atoms with Gasteiger partial charge in [-0.3, -0.25) is 4.90 Å². The van der Waals surface area contributed by atoms with Gasteiger partial charge < -0.3 is 9.47 Å². The molecule has 20 heavy (non-hydrogen) atoms. The Bertz CT molecular complexity index is 428. The number of hydrogen-bond donors (Lipinski definition) is 0. The molecule has 1 aromatic carbocycles. The average molecular weight is 298 g/mol. The number of ether oxygens (including phenoxy) is 2. The van der Waals surface area contributed by atoms with Crippen LogP contribution in [0.2, 0.25) is 0 Å². The monoisotopic (exact) mass is 297 g/mol. The Morgan fingerprint density at radius 1 is 1.20 bits per heavy atom. The second kappa shape index (κ2) is 9.01. The van der Waals surface area contributed by atoms with Crippen molar-refractivity contribution in [2.75, 3.05) is 39.5 Å². The zero-order chi connectivity index (χ0) is 13.5. The van der Waals surface area contributed by atoms with Gasteiger partial charge in [0.25, 0.3) is 0 Å². The molecular weight excluding hydrogens is 274 g/mol. The summed E-state index contributed by atoms with van der Waals surface area (Å²) in [6.45, 7) is 9.59. The van der Waals surface area contributed by atoms with Crippen LogP contribution in [0.25, 0.3) is 0 Å². The summed E-state index contributed by atoms with van der Waals surface area (Å²) in [6, 6.07) is 6.17. The fraction of sp³-hybridized carbons (Fsp3) is 0.500. The maximum atomic E-state index is 5.78. The molecule has 0 saturated carbocycles. The van der Waals surface area contributed by atoms with E-state index in [1.807, 2.05) is 12.1 Å². The van der Waals surface area contributed by atoms with Gasteiger partial charge in [-0.05, 0) is 31.0 Å². The molecule has 0 radical (unpaired) electrons. The first-order valence-corrected chi connectivity index (χ1v) is 6.91. The van der Waals surface area contributed by atoms with E-state index in [2.05, 4.69) is 37.0 Å². The lowest BCUT2D eigenvalue weighted by atomic mass is 10.1. The molecule has 1 heterocycles. The molecule has 0 bridgehead atoms. The number of benzene rings is 1. The zero-order valence-corrected chi connectivity index (χ0v) is 13.1. The molecule has 1 saturated heterocycles. The van der Waals surface area contributed by atoms with Gasteiger partial charge in [-0.1, -0.05) is 24.3 Å². The number of halogens is 1. The standard InChI is InChI=1S/C16H23NO2.ClH/c1-14-6-5-7-16(15(14)2)19-11-4-3-8-17-9-12-18-13-10-17;/h3-7H,8-13H2,1-2H3;1H/b4-3+;. The Morgan fingerprint density at radius 2 is 1.95 bits per heavy atom. The van der Waals surface area contributed by atoms with Gasteiger partial charge >= 0.3 is 0 Å². The number of hydrogen-bond acceptors (Lipinski definition) is 3. The van der Waals surface area contributed by atoms with Crippen LogP contribution in [0.3, 0.4) is 0 Å². The lowest BCUT2D eigenvalue weighted by Gasteiger charge is -2.25. The van der Waals surface area contributed by atoms with Gasteiger partial charge in [-0.25, -0.2) is 0 Å². The third-order valence-electron chi connectivity index (χ3n) is 3.52. The first-order valence-electron chi connectivity index (χ1n) is 6.91. The first-order chi connectivity index (χ1) is 9.27. The van der Waals surface area contributed by atoms with Crippen molar-refractivity contribution in [1.29, 1.82) is 0 Å². The second-order valence-corrected chi connectivity index (χ2v) is 4.89. The molecular formula is C16H24ClNO2. The molecule has 0 unspecified atom stereocenters. The van der Waals surface area contributed by atoms with Crippen LogP contribution >= 0.6 is 12.4 Å². The molecule has 0 spiro atoms. The molecule has 1 aliphatic heterocycles. The summed E-state index contributed by atoms with van der Waals surface area (Å²) in [5.74, 6) is 0.982. The smallest absolute Gasteiger partial charge is 0.122 e. The SMILES string of the molecule is Cc1cccc(OC/C=C/CN2CCOCC2)c1C.Cl. The van der Waals surface area contributed by atoms with Gasteiger partial charge in [0.1, 0.15) is 12.4 Å². The molecule has 112 valence electrons. The molecule has 0 amide bonds. The zero-order valence-electron chi connectivity index (χ0n) is 12.3. The quantitative estimate of drug-likeness (QED) is 0.780. The molecule has 3 nitrogen and oxygen atoms in total. The highest BCUT2D eigenvalue weighted by molar-refractivity contribution is 5.85. The summed E-state index contributed by atoms with van der Waals surface area (Å²) < 4.78 is 11.1. The van der Waals surface area contributed by atoms with E-state index in [1.54, 1.807) is 0 Å². The van der Waals surface area contributed by atoms with Crippen LogP contribution in [0.4, 0.5) is 0 Å². The van der Waals surface area contributed by atoms with Crippen molar-refractivity contribution >= 4 is 12.4 Å². The van der Waals surface area contributed by atoms with Gasteiger partial charge in [-0.2, -0.15) is 0 Å². The molecule has 0 N–H and O–H groups in total. The average Bonchev–Trinajstić information content (AvgIpc) is 2.44. The van der Waals surface area contributed by atoms with Crippen LogP contribution < -0.4 is 4.74 Å². The highest BCUT2D eigenvalue weighted by atomic mass is 35.5. The van der Waals surface area contributed by atoms with Crippen LogP contribution in [0.15, 0.2) is 30.4 Å². The van der Waals surface area contributed by atoms with Crippen molar-refractivity contribution in [2.24, 2.45) is 0 Å². The number of rotatable bonds is 5. The topological polar surface area (TPSA) is 21.7 Å². The van der Waals surface area contributed by atoms with Gasteiger partial charge in [0.15, 0.2) is 0 Å². The molecule has 4 heteroatoms. The number of aryl methyl sites for hydroxylation is 1. The van der Waals surface area contributed by atoms with Crippen molar-refractivity contribution < 1.29 is 9.47 Å². The molecule has 0 aliphatic carbocycles. The summed E-state index contributed by atoms with van der Waals surface area (Å²) >= 11 is 0.